The van der Waals surface area contributed by atoms with Gasteiger partial charge in [0.25, 0.3) is 0 Å². The summed E-state index contributed by atoms with van der Waals surface area (Å²) in [6, 6.07) is 7.62. The first-order valence-corrected chi connectivity index (χ1v) is 11.2. The van der Waals surface area contributed by atoms with Gasteiger partial charge >= 0.3 is 0 Å². The van der Waals surface area contributed by atoms with Crippen LogP contribution in [-0.4, -0.2) is 17.4 Å². The summed E-state index contributed by atoms with van der Waals surface area (Å²) in [6.07, 6.45) is 13.7. The monoisotopic (exact) mass is 411 g/mol. The molecule has 30 heavy (non-hydrogen) atoms. The minimum absolute atomic E-state index is 0.0721. The summed E-state index contributed by atoms with van der Waals surface area (Å²) in [7, 11) is 0. The van der Waals surface area contributed by atoms with E-state index in [2.05, 4.69) is 0 Å². The van der Waals surface area contributed by atoms with Crippen LogP contribution < -0.4 is 11.5 Å². The Morgan fingerprint density at radius 1 is 0.733 bits per heavy atom. The second-order valence-electron chi connectivity index (χ2n) is 8.19. The number of furan rings is 1. The van der Waals surface area contributed by atoms with Crippen molar-refractivity contribution in [2.24, 2.45) is 11.5 Å². The SMILES string of the molecule is N=C(N)CCCCCCCCCC(=N)CCCCc1cc2cc(C(=N)N)ccc2o1. The first-order valence-electron chi connectivity index (χ1n) is 11.2. The normalized spacial score (nSPS) is 11.1. The summed E-state index contributed by atoms with van der Waals surface area (Å²) < 4.78 is 5.87. The lowest BCUT2D eigenvalue weighted by Gasteiger charge is -2.04. The molecule has 2 aromatic rings. The molecular weight excluding hydrogens is 374 g/mol. The van der Waals surface area contributed by atoms with Crippen LogP contribution in [0.25, 0.3) is 11.0 Å². The molecule has 0 amide bonds. The standard InChI is InChI=1S/C24H37N5O/c25-20(10-6-4-2-1-3-5-7-13-23(26)27)11-8-9-12-21-17-19-16-18(24(28)29)14-15-22(19)30-21/h14-17,25H,1-13H2,(H3,26,27)(H3,28,29). The number of rotatable bonds is 16. The highest BCUT2D eigenvalue weighted by Crippen LogP contribution is 2.22. The van der Waals surface area contributed by atoms with Crippen LogP contribution in [0.3, 0.4) is 0 Å². The topological polar surface area (TPSA) is 137 Å². The van der Waals surface area contributed by atoms with E-state index < -0.39 is 0 Å². The van der Waals surface area contributed by atoms with E-state index >= 15 is 0 Å². The van der Waals surface area contributed by atoms with E-state index in [9.17, 15) is 0 Å². The highest BCUT2D eigenvalue weighted by Gasteiger charge is 2.06. The molecule has 1 aromatic carbocycles. The number of nitrogens with two attached hydrogens (primary N) is 2. The van der Waals surface area contributed by atoms with Gasteiger partial charge in [0.2, 0.25) is 0 Å². The van der Waals surface area contributed by atoms with E-state index in [1.165, 1.54) is 32.1 Å². The van der Waals surface area contributed by atoms with Gasteiger partial charge in [0.1, 0.15) is 17.2 Å². The number of unbranched alkanes of at least 4 members (excludes halogenated alkanes) is 7. The van der Waals surface area contributed by atoms with Crippen molar-refractivity contribution in [1.29, 1.82) is 16.2 Å². The Bertz CT molecular complexity index is 839. The Hall–Kier alpha value is -2.63. The Morgan fingerprint density at radius 2 is 1.33 bits per heavy atom. The molecule has 0 radical (unpaired) electrons. The van der Waals surface area contributed by atoms with Crippen LogP contribution in [0.5, 0.6) is 0 Å². The van der Waals surface area contributed by atoms with Gasteiger partial charge in [0, 0.05) is 29.5 Å². The Morgan fingerprint density at radius 3 is 1.97 bits per heavy atom. The maximum absolute atomic E-state index is 8.15. The summed E-state index contributed by atoms with van der Waals surface area (Å²) in [5.74, 6) is 1.33. The third-order valence-electron chi connectivity index (χ3n) is 5.45. The zero-order chi connectivity index (χ0) is 21.8. The van der Waals surface area contributed by atoms with E-state index in [4.69, 9.17) is 32.1 Å². The van der Waals surface area contributed by atoms with E-state index in [1.807, 2.05) is 24.3 Å². The number of nitrogens with one attached hydrogen (secondary N) is 3. The number of aryl methyl sites for hydroxylation is 1. The molecule has 0 aliphatic rings. The van der Waals surface area contributed by atoms with Gasteiger partial charge in [0.15, 0.2) is 0 Å². The first-order chi connectivity index (χ1) is 14.5. The summed E-state index contributed by atoms with van der Waals surface area (Å²) in [5, 5.41) is 23.9. The van der Waals surface area contributed by atoms with Gasteiger partial charge in [-0.15, -0.1) is 0 Å². The molecule has 0 atom stereocenters. The largest absolute Gasteiger partial charge is 0.461 e. The van der Waals surface area contributed by atoms with Crippen LogP contribution in [0.2, 0.25) is 0 Å². The van der Waals surface area contributed by atoms with Crippen molar-refractivity contribution in [2.45, 2.75) is 83.5 Å². The lowest BCUT2D eigenvalue weighted by atomic mass is 10.0. The van der Waals surface area contributed by atoms with Crippen LogP contribution in [0.4, 0.5) is 0 Å². The zero-order valence-electron chi connectivity index (χ0n) is 18.1. The molecule has 1 heterocycles. The second-order valence-corrected chi connectivity index (χ2v) is 8.19. The van der Waals surface area contributed by atoms with Crippen molar-refractivity contribution >= 4 is 28.4 Å². The van der Waals surface area contributed by atoms with Crippen LogP contribution in [0.1, 0.15) is 88.4 Å². The van der Waals surface area contributed by atoms with Gasteiger partial charge < -0.3 is 21.3 Å². The maximum atomic E-state index is 8.15. The number of amidine groups is 2. The van der Waals surface area contributed by atoms with Gasteiger partial charge in [0.05, 0.1) is 5.84 Å². The Labute approximate surface area is 179 Å². The predicted octanol–water partition coefficient (Wildman–Crippen LogP) is 5.90. The van der Waals surface area contributed by atoms with E-state index in [0.29, 0.717) is 5.84 Å². The molecule has 6 nitrogen and oxygen atoms in total. The van der Waals surface area contributed by atoms with Crippen LogP contribution in [0.15, 0.2) is 28.7 Å². The van der Waals surface area contributed by atoms with E-state index in [1.54, 1.807) is 0 Å². The average Bonchev–Trinajstić information content (AvgIpc) is 3.11. The molecule has 0 aliphatic carbocycles. The third kappa shape index (κ3) is 8.80. The molecule has 0 spiro atoms. The minimum atomic E-state index is 0.0721. The highest BCUT2D eigenvalue weighted by molar-refractivity contribution is 5.98. The van der Waals surface area contributed by atoms with Crippen LogP contribution in [0, 0.1) is 16.2 Å². The van der Waals surface area contributed by atoms with Gasteiger partial charge in [-0.25, -0.2) is 0 Å². The lowest BCUT2D eigenvalue weighted by molar-refractivity contribution is 0.534. The van der Waals surface area contributed by atoms with Crippen molar-refractivity contribution in [3.05, 3.63) is 35.6 Å². The second kappa shape index (κ2) is 12.8. The number of nitrogen functional groups attached to an aromatic ring is 1. The van der Waals surface area contributed by atoms with Gasteiger partial charge in [-0.2, -0.15) is 0 Å². The molecular formula is C24H37N5O. The average molecular weight is 412 g/mol. The molecule has 2 rings (SSSR count). The van der Waals surface area contributed by atoms with Crippen molar-refractivity contribution in [2.75, 3.05) is 0 Å². The van der Waals surface area contributed by atoms with Crippen molar-refractivity contribution in [1.82, 2.24) is 0 Å². The molecule has 7 N–H and O–H groups in total. The Kier molecular flexibility index (Phi) is 10.1. The Balaban J connectivity index is 1.51. The fourth-order valence-electron chi connectivity index (χ4n) is 3.69. The summed E-state index contributed by atoms with van der Waals surface area (Å²) in [4.78, 5) is 0. The van der Waals surface area contributed by atoms with E-state index in [-0.39, 0.29) is 5.84 Å². The molecule has 6 heteroatoms. The third-order valence-corrected chi connectivity index (χ3v) is 5.45. The van der Waals surface area contributed by atoms with Gasteiger partial charge in [-0.3, -0.25) is 10.8 Å². The molecule has 0 saturated carbocycles. The quantitative estimate of drug-likeness (QED) is 0.134. The summed E-state index contributed by atoms with van der Waals surface area (Å²) in [5.41, 5.74) is 13.3. The maximum Gasteiger partial charge on any atom is 0.134 e. The van der Waals surface area contributed by atoms with Crippen LogP contribution in [-0.2, 0) is 6.42 Å². The summed E-state index contributed by atoms with van der Waals surface area (Å²) in [6.45, 7) is 0. The van der Waals surface area contributed by atoms with Gasteiger partial charge in [-0.05, 0) is 62.8 Å². The predicted molar refractivity (Wildman–Crippen MR) is 126 cm³/mol. The minimum Gasteiger partial charge on any atom is -0.461 e. The highest BCUT2D eigenvalue weighted by atomic mass is 16.3. The fourth-order valence-corrected chi connectivity index (χ4v) is 3.69. The molecule has 0 aliphatic heterocycles. The number of fused-ring (bicyclic) bond motifs is 1. The van der Waals surface area contributed by atoms with E-state index in [0.717, 1.165) is 79.4 Å². The van der Waals surface area contributed by atoms with Gasteiger partial charge in [-0.1, -0.05) is 32.1 Å². The van der Waals surface area contributed by atoms with Crippen molar-refractivity contribution in [3.8, 4) is 0 Å². The number of hydrogen-bond donors (Lipinski definition) is 5. The molecule has 0 bridgehead atoms. The zero-order valence-corrected chi connectivity index (χ0v) is 18.1. The fraction of sp³-hybridized carbons (Fsp3) is 0.542. The summed E-state index contributed by atoms with van der Waals surface area (Å²) >= 11 is 0. The van der Waals surface area contributed by atoms with Crippen LogP contribution >= 0.6 is 0 Å². The number of benzene rings is 1. The molecule has 1 aromatic heterocycles. The smallest absolute Gasteiger partial charge is 0.134 e. The number of hydrogen-bond acceptors (Lipinski definition) is 4. The molecule has 164 valence electrons. The lowest BCUT2D eigenvalue weighted by Crippen LogP contribution is -2.10. The van der Waals surface area contributed by atoms with Crippen molar-refractivity contribution in [3.63, 3.8) is 0 Å². The molecule has 0 fully saturated rings. The van der Waals surface area contributed by atoms with Crippen molar-refractivity contribution < 1.29 is 4.42 Å². The molecule has 0 saturated heterocycles. The molecule has 0 unspecified atom stereocenters. The first kappa shape index (κ1) is 23.6.